The molecule has 0 saturated carbocycles. The minimum atomic E-state index is 0.252. The van der Waals surface area contributed by atoms with Gasteiger partial charge < -0.3 is 10.7 Å². The number of fused-ring (bicyclic) bond motifs is 1. The molecule has 3 aromatic rings. The van der Waals surface area contributed by atoms with Crippen molar-refractivity contribution in [3.8, 4) is 0 Å². The number of H-pyrrole nitrogens is 1. The SMILES string of the molecule is Nc1ncccc1CN1CCc2[nH]cnc2C1Cc1ccccc1. The van der Waals surface area contributed by atoms with Gasteiger partial charge in [0.2, 0.25) is 0 Å². The average molecular weight is 319 g/mol. The van der Waals surface area contributed by atoms with Crippen LogP contribution in [0.4, 0.5) is 5.82 Å². The van der Waals surface area contributed by atoms with Crippen molar-refractivity contribution in [3.05, 3.63) is 77.5 Å². The van der Waals surface area contributed by atoms with Gasteiger partial charge in [0.15, 0.2) is 0 Å². The van der Waals surface area contributed by atoms with E-state index in [9.17, 15) is 0 Å². The Morgan fingerprint density at radius 2 is 2.00 bits per heavy atom. The van der Waals surface area contributed by atoms with Crippen LogP contribution in [0.1, 0.15) is 28.6 Å². The van der Waals surface area contributed by atoms with Crippen molar-refractivity contribution in [2.75, 3.05) is 12.3 Å². The Hall–Kier alpha value is -2.66. The molecule has 1 aliphatic heterocycles. The first-order chi connectivity index (χ1) is 11.8. The first-order valence-corrected chi connectivity index (χ1v) is 8.31. The van der Waals surface area contributed by atoms with Gasteiger partial charge in [-0.3, -0.25) is 4.90 Å². The zero-order chi connectivity index (χ0) is 16.4. The van der Waals surface area contributed by atoms with Crippen molar-refractivity contribution in [2.24, 2.45) is 0 Å². The zero-order valence-corrected chi connectivity index (χ0v) is 13.5. The number of imidazole rings is 1. The van der Waals surface area contributed by atoms with Gasteiger partial charge in [0.1, 0.15) is 5.82 Å². The summed E-state index contributed by atoms with van der Waals surface area (Å²) < 4.78 is 0. The Morgan fingerprint density at radius 3 is 2.83 bits per heavy atom. The number of anilines is 1. The van der Waals surface area contributed by atoms with Crippen LogP contribution in [0, 0.1) is 0 Å². The minimum absolute atomic E-state index is 0.252. The van der Waals surface area contributed by atoms with E-state index < -0.39 is 0 Å². The van der Waals surface area contributed by atoms with Gasteiger partial charge in [-0.1, -0.05) is 36.4 Å². The lowest BCUT2D eigenvalue weighted by molar-refractivity contribution is 0.171. The van der Waals surface area contributed by atoms with E-state index in [2.05, 4.69) is 56.3 Å². The van der Waals surface area contributed by atoms with Crippen molar-refractivity contribution in [2.45, 2.75) is 25.4 Å². The van der Waals surface area contributed by atoms with E-state index in [0.29, 0.717) is 5.82 Å². The number of nitrogens with zero attached hydrogens (tertiary/aromatic N) is 3. The van der Waals surface area contributed by atoms with Gasteiger partial charge in [-0.15, -0.1) is 0 Å². The molecule has 1 unspecified atom stereocenters. The Labute approximate surface area is 141 Å². The van der Waals surface area contributed by atoms with E-state index in [0.717, 1.165) is 37.2 Å². The number of aromatic nitrogens is 3. The van der Waals surface area contributed by atoms with E-state index in [1.807, 2.05) is 12.4 Å². The highest BCUT2D eigenvalue weighted by Gasteiger charge is 2.30. The largest absolute Gasteiger partial charge is 0.383 e. The van der Waals surface area contributed by atoms with Crippen LogP contribution < -0.4 is 5.73 Å². The molecule has 5 heteroatoms. The van der Waals surface area contributed by atoms with Crippen LogP contribution >= 0.6 is 0 Å². The summed E-state index contributed by atoms with van der Waals surface area (Å²) in [6.45, 7) is 1.78. The Balaban J connectivity index is 1.64. The van der Waals surface area contributed by atoms with E-state index in [-0.39, 0.29) is 6.04 Å². The van der Waals surface area contributed by atoms with Crippen molar-refractivity contribution in [1.82, 2.24) is 19.9 Å². The third kappa shape index (κ3) is 2.90. The molecule has 0 fully saturated rings. The van der Waals surface area contributed by atoms with E-state index in [1.165, 1.54) is 11.3 Å². The van der Waals surface area contributed by atoms with Crippen LogP contribution in [0.2, 0.25) is 0 Å². The Bertz CT molecular complexity index is 811. The van der Waals surface area contributed by atoms with Crippen molar-refractivity contribution in [3.63, 3.8) is 0 Å². The molecule has 0 saturated heterocycles. The van der Waals surface area contributed by atoms with Crippen LogP contribution in [0.25, 0.3) is 0 Å². The molecule has 0 radical (unpaired) electrons. The fraction of sp³-hybridized carbons (Fsp3) is 0.263. The lowest BCUT2D eigenvalue weighted by Crippen LogP contribution is -2.36. The van der Waals surface area contributed by atoms with E-state index in [1.54, 1.807) is 6.20 Å². The highest BCUT2D eigenvalue weighted by Crippen LogP contribution is 2.32. The molecular formula is C19H21N5. The second kappa shape index (κ2) is 6.45. The number of hydrogen-bond donors (Lipinski definition) is 2. The van der Waals surface area contributed by atoms with E-state index >= 15 is 0 Å². The molecular weight excluding hydrogens is 298 g/mol. The molecule has 3 heterocycles. The number of hydrogen-bond acceptors (Lipinski definition) is 4. The van der Waals surface area contributed by atoms with Gasteiger partial charge >= 0.3 is 0 Å². The van der Waals surface area contributed by atoms with Gasteiger partial charge in [0.05, 0.1) is 18.1 Å². The summed E-state index contributed by atoms with van der Waals surface area (Å²) >= 11 is 0. The highest BCUT2D eigenvalue weighted by molar-refractivity contribution is 5.38. The summed E-state index contributed by atoms with van der Waals surface area (Å²) in [6, 6.07) is 14.8. The van der Waals surface area contributed by atoms with E-state index in [4.69, 9.17) is 5.73 Å². The molecule has 0 bridgehead atoms. The number of nitrogens with two attached hydrogens (primary N) is 1. The summed E-state index contributed by atoms with van der Waals surface area (Å²) in [5.41, 5.74) is 10.9. The molecule has 122 valence electrons. The maximum Gasteiger partial charge on any atom is 0.127 e. The average Bonchev–Trinajstić information content (AvgIpc) is 3.09. The predicted octanol–water partition coefficient (Wildman–Crippen LogP) is 2.73. The fourth-order valence-electron chi connectivity index (χ4n) is 3.46. The molecule has 1 atom stereocenters. The lowest BCUT2D eigenvalue weighted by Gasteiger charge is -2.35. The first-order valence-electron chi connectivity index (χ1n) is 8.31. The van der Waals surface area contributed by atoms with Crippen molar-refractivity contribution >= 4 is 5.82 Å². The number of benzene rings is 1. The maximum atomic E-state index is 6.05. The monoisotopic (exact) mass is 319 g/mol. The second-order valence-electron chi connectivity index (χ2n) is 6.24. The molecule has 3 N–H and O–H groups in total. The second-order valence-corrected chi connectivity index (χ2v) is 6.24. The summed E-state index contributed by atoms with van der Waals surface area (Å²) in [6.07, 6.45) is 5.48. The molecule has 1 aromatic carbocycles. The van der Waals surface area contributed by atoms with Crippen LogP contribution in [0.3, 0.4) is 0 Å². The topological polar surface area (TPSA) is 70.8 Å². The van der Waals surface area contributed by atoms with Crippen LogP contribution in [0.15, 0.2) is 55.0 Å². The highest BCUT2D eigenvalue weighted by atomic mass is 15.2. The van der Waals surface area contributed by atoms with Gasteiger partial charge in [0.25, 0.3) is 0 Å². The number of rotatable bonds is 4. The third-order valence-electron chi connectivity index (χ3n) is 4.73. The van der Waals surface area contributed by atoms with Crippen molar-refractivity contribution < 1.29 is 0 Å². The molecule has 0 aliphatic carbocycles. The first kappa shape index (κ1) is 14.9. The lowest BCUT2D eigenvalue weighted by atomic mass is 9.95. The normalized spacial score (nSPS) is 17.6. The van der Waals surface area contributed by atoms with Crippen LogP contribution in [0.5, 0.6) is 0 Å². The minimum Gasteiger partial charge on any atom is -0.383 e. The van der Waals surface area contributed by atoms with Gasteiger partial charge in [-0.05, 0) is 18.1 Å². The summed E-state index contributed by atoms with van der Waals surface area (Å²) in [7, 11) is 0. The third-order valence-corrected chi connectivity index (χ3v) is 4.73. The number of aromatic amines is 1. The smallest absolute Gasteiger partial charge is 0.127 e. The van der Waals surface area contributed by atoms with Gasteiger partial charge in [-0.2, -0.15) is 0 Å². The number of pyridine rings is 1. The predicted molar refractivity (Wildman–Crippen MR) is 94.2 cm³/mol. The fourth-order valence-corrected chi connectivity index (χ4v) is 3.46. The Morgan fingerprint density at radius 1 is 1.12 bits per heavy atom. The molecule has 0 amide bonds. The quantitative estimate of drug-likeness (QED) is 0.776. The molecule has 5 nitrogen and oxygen atoms in total. The van der Waals surface area contributed by atoms with Crippen LogP contribution in [-0.2, 0) is 19.4 Å². The van der Waals surface area contributed by atoms with Gasteiger partial charge in [-0.25, -0.2) is 9.97 Å². The standard InChI is InChI=1S/C19H21N5/c20-19-15(7-4-9-21-19)12-24-10-8-16-18(23-13-22-16)17(24)11-14-5-2-1-3-6-14/h1-7,9,13,17H,8,10-12H2,(H2,20,21)(H,22,23). The number of nitrogen functional groups attached to an aromatic ring is 1. The van der Waals surface area contributed by atoms with Crippen molar-refractivity contribution in [1.29, 1.82) is 0 Å². The summed E-state index contributed by atoms with van der Waals surface area (Å²) in [5.74, 6) is 0.615. The molecule has 24 heavy (non-hydrogen) atoms. The maximum absolute atomic E-state index is 6.05. The molecule has 0 spiro atoms. The number of nitrogens with one attached hydrogen (secondary N) is 1. The van der Waals surface area contributed by atoms with Gasteiger partial charge in [0, 0.05) is 37.0 Å². The van der Waals surface area contributed by atoms with Crippen LogP contribution in [-0.4, -0.2) is 26.4 Å². The molecule has 1 aliphatic rings. The summed E-state index contributed by atoms with van der Waals surface area (Å²) in [4.78, 5) is 14.6. The molecule has 4 rings (SSSR count). The Kier molecular flexibility index (Phi) is 4.01. The zero-order valence-electron chi connectivity index (χ0n) is 13.5. The summed E-state index contributed by atoms with van der Waals surface area (Å²) in [5, 5.41) is 0. The molecule has 2 aromatic heterocycles.